The lowest BCUT2D eigenvalue weighted by Gasteiger charge is -2.15. The van der Waals surface area contributed by atoms with Crippen molar-refractivity contribution in [3.63, 3.8) is 0 Å². The van der Waals surface area contributed by atoms with E-state index in [9.17, 15) is 4.79 Å². The molecule has 2 heterocycles. The number of halogens is 1. The number of hydrogen-bond donors (Lipinski definition) is 1. The monoisotopic (exact) mass is 415 g/mol. The highest BCUT2D eigenvalue weighted by Gasteiger charge is 2.15. The zero-order valence-electron chi connectivity index (χ0n) is 17.4. The molecule has 1 N–H and O–H groups in total. The number of carbonyl (C=O) groups excluding carboxylic acids is 1. The first-order chi connectivity index (χ1) is 13.7. The third kappa shape index (κ3) is 5.01. The Balaban J connectivity index is 1.62. The van der Waals surface area contributed by atoms with Gasteiger partial charge in [-0.05, 0) is 61.2 Å². The molecule has 0 saturated carbocycles. The lowest BCUT2D eigenvalue weighted by atomic mass is 10.0. The fourth-order valence-electron chi connectivity index (χ4n) is 2.95. The van der Waals surface area contributed by atoms with Gasteiger partial charge in [0.15, 0.2) is 5.76 Å². The van der Waals surface area contributed by atoms with Crippen LogP contribution in [0, 0.1) is 13.8 Å². The molecule has 7 heteroatoms. The summed E-state index contributed by atoms with van der Waals surface area (Å²) < 4.78 is 13.4. The summed E-state index contributed by atoms with van der Waals surface area (Å²) in [4.78, 5) is 12.3. The van der Waals surface area contributed by atoms with E-state index in [1.807, 2.05) is 39.1 Å². The third-order valence-corrected chi connectivity index (χ3v) is 5.17. The molecule has 1 amide bonds. The van der Waals surface area contributed by atoms with E-state index in [1.54, 1.807) is 16.8 Å². The zero-order valence-corrected chi connectivity index (χ0v) is 18.1. The van der Waals surface area contributed by atoms with Crippen LogP contribution in [-0.2, 0) is 20.2 Å². The molecular formula is C22H26ClN3O3. The predicted molar refractivity (Wildman–Crippen MR) is 112 cm³/mol. The molecule has 0 fully saturated rings. The van der Waals surface area contributed by atoms with Crippen LogP contribution in [0.25, 0.3) is 0 Å². The van der Waals surface area contributed by atoms with Gasteiger partial charge < -0.3 is 14.5 Å². The minimum atomic E-state index is -0.287. The maximum Gasteiger partial charge on any atom is 0.287 e. The van der Waals surface area contributed by atoms with Crippen molar-refractivity contribution < 1.29 is 13.9 Å². The number of benzene rings is 1. The second-order valence-electron chi connectivity index (χ2n) is 7.43. The molecule has 2 aromatic heterocycles. The molecule has 1 aromatic carbocycles. The summed E-state index contributed by atoms with van der Waals surface area (Å²) in [5.41, 5.74) is 3.82. The Morgan fingerprint density at radius 3 is 2.69 bits per heavy atom. The Kier molecular flexibility index (Phi) is 6.33. The summed E-state index contributed by atoms with van der Waals surface area (Å²) in [5.74, 6) is 1.58. The standard InChI is InChI=1S/C22H26ClN3O3/c1-13(2)18-10-19(23)14(3)8-21(18)28-12-17-6-7-20(29-17)22(27)24-11-16-9-15(4)26(5)25-16/h6-10,13H,11-12H2,1-5H3,(H,24,27). The van der Waals surface area contributed by atoms with Gasteiger partial charge in [-0.15, -0.1) is 0 Å². The second-order valence-corrected chi connectivity index (χ2v) is 7.84. The van der Waals surface area contributed by atoms with Gasteiger partial charge in [0.2, 0.25) is 0 Å². The van der Waals surface area contributed by atoms with Crippen LogP contribution in [0.3, 0.4) is 0 Å². The van der Waals surface area contributed by atoms with E-state index >= 15 is 0 Å². The molecule has 0 bridgehead atoms. The lowest BCUT2D eigenvalue weighted by Crippen LogP contribution is -2.22. The minimum absolute atomic E-state index is 0.230. The van der Waals surface area contributed by atoms with Crippen molar-refractivity contribution in [2.24, 2.45) is 7.05 Å². The van der Waals surface area contributed by atoms with E-state index in [0.717, 1.165) is 33.3 Å². The number of ether oxygens (including phenoxy) is 1. The maximum atomic E-state index is 12.3. The lowest BCUT2D eigenvalue weighted by molar-refractivity contribution is 0.0918. The number of carbonyl (C=O) groups is 1. The summed E-state index contributed by atoms with van der Waals surface area (Å²) in [5, 5.41) is 7.86. The minimum Gasteiger partial charge on any atom is -0.485 e. The topological polar surface area (TPSA) is 69.3 Å². The normalized spacial score (nSPS) is 11.1. The summed E-state index contributed by atoms with van der Waals surface area (Å²) in [6.07, 6.45) is 0. The van der Waals surface area contributed by atoms with Gasteiger partial charge in [0, 0.05) is 17.8 Å². The Bertz CT molecular complexity index is 1000. The molecule has 0 aliphatic heterocycles. The molecule has 154 valence electrons. The molecule has 0 spiro atoms. The number of furan rings is 1. The molecule has 29 heavy (non-hydrogen) atoms. The van der Waals surface area contributed by atoms with Crippen LogP contribution in [0.2, 0.25) is 5.02 Å². The van der Waals surface area contributed by atoms with E-state index in [0.29, 0.717) is 12.3 Å². The number of amides is 1. The first-order valence-corrected chi connectivity index (χ1v) is 9.91. The van der Waals surface area contributed by atoms with E-state index in [-0.39, 0.29) is 24.2 Å². The first kappa shape index (κ1) is 21.0. The SMILES string of the molecule is Cc1cc(OCc2ccc(C(=O)NCc3cc(C)n(C)n3)o2)c(C(C)C)cc1Cl. The van der Waals surface area contributed by atoms with E-state index in [4.69, 9.17) is 20.8 Å². The number of nitrogens with one attached hydrogen (secondary N) is 1. The molecule has 3 aromatic rings. The largest absolute Gasteiger partial charge is 0.485 e. The van der Waals surface area contributed by atoms with Crippen LogP contribution in [0.1, 0.15) is 58.6 Å². The van der Waals surface area contributed by atoms with Crippen molar-refractivity contribution in [2.45, 2.75) is 46.8 Å². The van der Waals surface area contributed by atoms with Crippen LogP contribution >= 0.6 is 11.6 Å². The Morgan fingerprint density at radius 2 is 2.03 bits per heavy atom. The Hall–Kier alpha value is -2.73. The van der Waals surface area contributed by atoms with Crippen LogP contribution in [0.4, 0.5) is 0 Å². The smallest absolute Gasteiger partial charge is 0.287 e. The summed E-state index contributed by atoms with van der Waals surface area (Å²) >= 11 is 6.24. The number of aromatic nitrogens is 2. The van der Waals surface area contributed by atoms with E-state index in [1.165, 1.54) is 0 Å². The number of nitrogens with zero attached hydrogens (tertiary/aromatic N) is 2. The van der Waals surface area contributed by atoms with Gasteiger partial charge in [-0.25, -0.2) is 0 Å². The van der Waals surface area contributed by atoms with Crippen molar-refractivity contribution in [3.8, 4) is 5.75 Å². The second kappa shape index (κ2) is 8.74. The van der Waals surface area contributed by atoms with Crippen molar-refractivity contribution >= 4 is 17.5 Å². The van der Waals surface area contributed by atoms with Crippen molar-refractivity contribution in [1.29, 1.82) is 0 Å². The van der Waals surface area contributed by atoms with Gasteiger partial charge >= 0.3 is 0 Å². The highest BCUT2D eigenvalue weighted by molar-refractivity contribution is 6.31. The summed E-state index contributed by atoms with van der Waals surface area (Å²) in [6, 6.07) is 9.20. The third-order valence-electron chi connectivity index (χ3n) is 4.76. The molecule has 0 radical (unpaired) electrons. The van der Waals surface area contributed by atoms with E-state index in [2.05, 4.69) is 24.3 Å². The van der Waals surface area contributed by atoms with Gasteiger partial charge in [0.05, 0.1) is 12.2 Å². The van der Waals surface area contributed by atoms with Crippen LogP contribution < -0.4 is 10.1 Å². The molecule has 0 saturated heterocycles. The number of rotatable bonds is 7. The maximum absolute atomic E-state index is 12.3. The first-order valence-electron chi connectivity index (χ1n) is 9.54. The quantitative estimate of drug-likeness (QED) is 0.594. The predicted octanol–water partition coefficient (Wildman–Crippen LogP) is 4.92. The number of hydrogen-bond acceptors (Lipinski definition) is 4. The highest BCUT2D eigenvalue weighted by Crippen LogP contribution is 2.32. The van der Waals surface area contributed by atoms with Gasteiger partial charge in [0.1, 0.15) is 18.1 Å². The van der Waals surface area contributed by atoms with Gasteiger partial charge in [-0.2, -0.15) is 5.10 Å². The molecule has 0 unspecified atom stereocenters. The fourth-order valence-corrected chi connectivity index (χ4v) is 3.12. The molecule has 0 atom stereocenters. The van der Waals surface area contributed by atoms with Crippen molar-refractivity contribution in [1.82, 2.24) is 15.1 Å². The number of aryl methyl sites for hydroxylation is 3. The molecule has 3 rings (SSSR count). The van der Waals surface area contributed by atoms with Gasteiger partial charge in [-0.1, -0.05) is 25.4 Å². The van der Waals surface area contributed by atoms with Crippen LogP contribution in [0.15, 0.2) is 34.7 Å². The van der Waals surface area contributed by atoms with Crippen molar-refractivity contribution in [2.75, 3.05) is 0 Å². The average Bonchev–Trinajstić information content (AvgIpc) is 3.27. The summed E-state index contributed by atoms with van der Waals surface area (Å²) in [6.45, 7) is 8.66. The zero-order chi connectivity index (χ0) is 21.1. The molecule has 0 aliphatic carbocycles. The highest BCUT2D eigenvalue weighted by atomic mass is 35.5. The van der Waals surface area contributed by atoms with E-state index < -0.39 is 0 Å². The van der Waals surface area contributed by atoms with Crippen molar-refractivity contribution in [3.05, 3.63) is 69.4 Å². The van der Waals surface area contributed by atoms with Crippen LogP contribution in [-0.4, -0.2) is 15.7 Å². The average molecular weight is 416 g/mol. The van der Waals surface area contributed by atoms with Gasteiger partial charge in [0.25, 0.3) is 5.91 Å². The Labute approximate surface area is 175 Å². The molecular weight excluding hydrogens is 390 g/mol. The van der Waals surface area contributed by atoms with Crippen LogP contribution in [0.5, 0.6) is 5.75 Å². The fraction of sp³-hybridized carbons (Fsp3) is 0.364. The molecule has 6 nitrogen and oxygen atoms in total. The summed E-state index contributed by atoms with van der Waals surface area (Å²) in [7, 11) is 1.87. The Morgan fingerprint density at radius 1 is 1.28 bits per heavy atom. The van der Waals surface area contributed by atoms with Gasteiger partial charge in [-0.3, -0.25) is 9.48 Å². The molecule has 0 aliphatic rings.